The molecule has 0 atom stereocenters. The molecule has 1 saturated carbocycles. The first-order valence-electron chi connectivity index (χ1n) is 6.45. The Balaban J connectivity index is 1.55. The number of aromatic nitrogens is 3. The molecule has 1 fully saturated rings. The van der Waals surface area contributed by atoms with Crippen LogP contribution in [0.3, 0.4) is 0 Å². The second-order valence-corrected chi connectivity index (χ2v) is 5.29. The molecule has 0 spiro atoms. The second-order valence-electron chi connectivity index (χ2n) is 4.86. The van der Waals surface area contributed by atoms with Gasteiger partial charge in [-0.05, 0) is 30.9 Å². The fraction of sp³-hybridized carbons (Fsp3) is 0.357. The molecule has 5 heteroatoms. The van der Waals surface area contributed by atoms with Gasteiger partial charge in [0.15, 0.2) is 0 Å². The lowest BCUT2D eigenvalue weighted by Gasteiger charge is -2.06. The molecular weight excluding hydrogens is 260 g/mol. The van der Waals surface area contributed by atoms with Crippen LogP contribution in [-0.2, 0) is 13.0 Å². The lowest BCUT2D eigenvalue weighted by atomic mass is 10.3. The number of pyridine rings is 1. The molecule has 2 heterocycles. The lowest BCUT2D eigenvalue weighted by Crippen LogP contribution is -2.03. The van der Waals surface area contributed by atoms with Crippen molar-refractivity contribution in [3.05, 3.63) is 47.3 Å². The SMILES string of the molecule is Clc1ccc(CNc2cnc(CC3CC3)nc2)nc1. The van der Waals surface area contributed by atoms with Crippen LogP contribution in [0.25, 0.3) is 0 Å². The van der Waals surface area contributed by atoms with Gasteiger partial charge in [0, 0.05) is 12.6 Å². The third-order valence-corrected chi connectivity index (χ3v) is 3.36. The van der Waals surface area contributed by atoms with Crippen LogP contribution in [0.4, 0.5) is 5.69 Å². The van der Waals surface area contributed by atoms with Crippen LogP contribution in [0.5, 0.6) is 0 Å². The van der Waals surface area contributed by atoms with Gasteiger partial charge in [0.2, 0.25) is 0 Å². The first-order valence-corrected chi connectivity index (χ1v) is 6.82. The summed E-state index contributed by atoms with van der Waals surface area (Å²) in [4.78, 5) is 13.0. The molecule has 4 nitrogen and oxygen atoms in total. The van der Waals surface area contributed by atoms with Gasteiger partial charge < -0.3 is 5.32 Å². The van der Waals surface area contributed by atoms with Gasteiger partial charge in [0.05, 0.1) is 35.3 Å². The van der Waals surface area contributed by atoms with Crippen LogP contribution in [0.15, 0.2) is 30.7 Å². The van der Waals surface area contributed by atoms with Gasteiger partial charge in [0.1, 0.15) is 5.82 Å². The molecule has 0 bridgehead atoms. The minimum Gasteiger partial charge on any atom is -0.377 e. The van der Waals surface area contributed by atoms with E-state index < -0.39 is 0 Å². The molecule has 0 aliphatic heterocycles. The average molecular weight is 275 g/mol. The third kappa shape index (κ3) is 3.64. The lowest BCUT2D eigenvalue weighted by molar-refractivity contribution is 0.769. The molecule has 1 N–H and O–H groups in total. The summed E-state index contributed by atoms with van der Waals surface area (Å²) in [6.07, 6.45) is 8.98. The van der Waals surface area contributed by atoms with Crippen molar-refractivity contribution < 1.29 is 0 Å². The van der Waals surface area contributed by atoms with Gasteiger partial charge in [-0.1, -0.05) is 11.6 Å². The molecule has 0 saturated heterocycles. The molecule has 3 rings (SSSR count). The molecule has 0 amide bonds. The number of nitrogens with zero attached hydrogens (tertiary/aromatic N) is 3. The molecule has 98 valence electrons. The summed E-state index contributed by atoms with van der Waals surface area (Å²) in [6, 6.07) is 3.73. The Morgan fingerprint density at radius 1 is 1.11 bits per heavy atom. The highest BCUT2D eigenvalue weighted by atomic mass is 35.5. The Hall–Kier alpha value is -1.68. The topological polar surface area (TPSA) is 50.7 Å². The molecule has 19 heavy (non-hydrogen) atoms. The first-order chi connectivity index (χ1) is 9.29. The number of halogens is 1. The van der Waals surface area contributed by atoms with E-state index in [0.717, 1.165) is 29.5 Å². The van der Waals surface area contributed by atoms with Crippen LogP contribution in [0.2, 0.25) is 5.02 Å². The molecular formula is C14H15ClN4. The Labute approximate surface area is 117 Å². The van der Waals surface area contributed by atoms with Crippen LogP contribution >= 0.6 is 11.6 Å². The van der Waals surface area contributed by atoms with Gasteiger partial charge in [-0.2, -0.15) is 0 Å². The summed E-state index contributed by atoms with van der Waals surface area (Å²) >= 11 is 5.79. The Morgan fingerprint density at radius 2 is 1.89 bits per heavy atom. The van der Waals surface area contributed by atoms with Crippen molar-refractivity contribution in [2.24, 2.45) is 5.92 Å². The fourth-order valence-corrected chi connectivity index (χ4v) is 1.95. The van der Waals surface area contributed by atoms with E-state index in [1.807, 2.05) is 24.5 Å². The van der Waals surface area contributed by atoms with Gasteiger partial charge in [-0.3, -0.25) is 4.98 Å². The van der Waals surface area contributed by atoms with Gasteiger partial charge in [0.25, 0.3) is 0 Å². The minimum atomic E-state index is 0.641. The van der Waals surface area contributed by atoms with E-state index in [1.165, 1.54) is 12.8 Å². The van der Waals surface area contributed by atoms with E-state index >= 15 is 0 Å². The standard InChI is InChI=1S/C14H15ClN4/c15-11-3-4-12(16-6-11)7-17-13-8-18-14(19-9-13)5-10-1-2-10/h3-4,6,8-10,17H,1-2,5,7H2. The van der Waals surface area contributed by atoms with E-state index in [-0.39, 0.29) is 0 Å². The molecule has 2 aromatic heterocycles. The predicted octanol–water partition coefficient (Wildman–Crippen LogP) is 3.09. The normalized spacial score (nSPS) is 14.4. The van der Waals surface area contributed by atoms with Crippen molar-refractivity contribution in [1.82, 2.24) is 15.0 Å². The molecule has 1 aliphatic rings. The number of rotatable bonds is 5. The average Bonchev–Trinajstić information content (AvgIpc) is 3.24. The van der Waals surface area contributed by atoms with E-state index in [1.54, 1.807) is 6.20 Å². The quantitative estimate of drug-likeness (QED) is 0.910. The molecule has 0 aromatic carbocycles. The van der Waals surface area contributed by atoms with Crippen LogP contribution in [-0.4, -0.2) is 15.0 Å². The number of nitrogens with one attached hydrogen (secondary N) is 1. The van der Waals surface area contributed by atoms with Crippen molar-refractivity contribution in [3.63, 3.8) is 0 Å². The molecule has 2 aromatic rings. The molecule has 0 unspecified atom stereocenters. The van der Waals surface area contributed by atoms with Crippen LogP contribution in [0, 0.1) is 5.92 Å². The summed E-state index contributed by atoms with van der Waals surface area (Å²) < 4.78 is 0. The maximum Gasteiger partial charge on any atom is 0.128 e. The zero-order valence-corrected chi connectivity index (χ0v) is 11.3. The smallest absolute Gasteiger partial charge is 0.128 e. The minimum absolute atomic E-state index is 0.641. The van der Waals surface area contributed by atoms with Crippen molar-refractivity contribution in [1.29, 1.82) is 0 Å². The molecule has 1 aliphatic carbocycles. The van der Waals surface area contributed by atoms with Crippen molar-refractivity contribution in [2.45, 2.75) is 25.8 Å². The van der Waals surface area contributed by atoms with Crippen molar-refractivity contribution in [3.8, 4) is 0 Å². The summed E-state index contributed by atoms with van der Waals surface area (Å²) in [5, 5.41) is 3.90. The van der Waals surface area contributed by atoms with Crippen LogP contribution in [0.1, 0.15) is 24.4 Å². The van der Waals surface area contributed by atoms with Gasteiger partial charge >= 0.3 is 0 Å². The van der Waals surface area contributed by atoms with Crippen molar-refractivity contribution in [2.75, 3.05) is 5.32 Å². The summed E-state index contributed by atoms with van der Waals surface area (Å²) in [6.45, 7) is 0.641. The predicted molar refractivity (Wildman–Crippen MR) is 75.0 cm³/mol. The maximum absolute atomic E-state index is 5.79. The van der Waals surface area contributed by atoms with Crippen LogP contribution < -0.4 is 5.32 Å². The zero-order chi connectivity index (χ0) is 13.1. The Kier molecular flexibility index (Phi) is 3.60. The number of hydrogen-bond donors (Lipinski definition) is 1. The Bertz CT molecular complexity index is 534. The highest BCUT2D eigenvalue weighted by Crippen LogP contribution is 2.31. The van der Waals surface area contributed by atoms with E-state index in [9.17, 15) is 0 Å². The fourth-order valence-electron chi connectivity index (χ4n) is 1.84. The molecule has 0 radical (unpaired) electrons. The largest absolute Gasteiger partial charge is 0.377 e. The van der Waals surface area contributed by atoms with Gasteiger partial charge in [-0.25, -0.2) is 9.97 Å². The maximum atomic E-state index is 5.79. The highest BCUT2D eigenvalue weighted by molar-refractivity contribution is 6.30. The monoisotopic (exact) mass is 274 g/mol. The second kappa shape index (κ2) is 5.53. The van der Waals surface area contributed by atoms with E-state index in [0.29, 0.717) is 11.6 Å². The number of anilines is 1. The third-order valence-electron chi connectivity index (χ3n) is 3.14. The van der Waals surface area contributed by atoms with Crippen molar-refractivity contribution >= 4 is 17.3 Å². The summed E-state index contributed by atoms with van der Waals surface area (Å²) in [5.41, 5.74) is 1.85. The van der Waals surface area contributed by atoms with E-state index in [4.69, 9.17) is 11.6 Å². The zero-order valence-electron chi connectivity index (χ0n) is 10.5. The van der Waals surface area contributed by atoms with Gasteiger partial charge in [-0.15, -0.1) is 0 Å². The van der Waals surface area contributed by atoms with E-state index in [2.05, 4.69) is 20.3 Å². The first kappa shape index (κ1) is 12.4. The number of hydrogen-bond acceptors (Lipinski definition) is 4. The summed E-state index contributed by atoms with van der Waals surface area (Å²) in [7, 11) is 0. The Morgan fingerprint density at radius 3 is 2.53 bits per heavy atom. The summed E-state index contributed by atoms with van der Waals surface area (Å²) in [5.74, 6) is 1.76. The highest BCUT2D eigenvalue weighted by Gasteiger charge is 2.22.